The van der Waals surface area contributed by atoms with Crippen LogP contribution in [0.3, 0.4) is 0 Å². The highest BCUT2D eigenvalue weighted by Crippen LogP contribution is 2.19. The van der Waals surface area contributed by atoms with Crippen molar-refractivity contribution in [1.82, 2.24) is 0 Å². The van der Waals surface area contributed by atoms with Gasteiger partial charge < -0.3 is 5.73 Å². The van der Waals surface area contributed by atoms with Crippen molar-refractivity contribution < 1.29 is 0 Å². The SMILES string of the molecule is CCCc1ccc(C(N)CCc2ccccc2C)cc1. The van der Waals surface area contributed by atoms with Crippen LogP contribution in [0.1, 0.15) is 48.1 Å². The molecule has 0 aliphatic rings. The molecular formula is C19H25N. The van der Waals surface area contributed by atoms with Gasteiger partial charge in [-0.25, -0.2) is 0 Å². The molecule has 2 aromatic rings. The molecule has 1 heteroatoms. The minimum atomic E-state index is 0.130. The first-order valence-corrected chi connectivity index (χ1v) is 7.59. The van der Waals surface area contributed by atoms with E-state index in [4.69, 9.17) is 5.73 Å². The van der Waals surface area contributed by atoms with E-state index in [2.05, 4.69) is 62.4 Å². The van der Waals surface area contributed by atoms with Gasteiger partial charge in [0.15, 0.2) is 0 Å². The molecule has 0 aliphatic carbocycles. The number of hydrogen-bond donors (Lipinski definition) is 1. The molecule has 0 fully saturated rings. The highest BCUT2D eigenvalue weighted by molar-refractivity contribution is 5.27. The molecule has 1 nitrogen and oxygen atoms in total. The molecule has 0 amide bonds. The lowest BCUT2D eigenvalue weighted by Crippen LogP contribution is -2.11. The van der Waals surface area contributed by atoms with E-state index >= 15 is 0 Å². The predicted molar refractivity (Wildman–Crippen MR) is 86.9 cm³/mol. The number of rotatable bonds is 6. The minimum Gasteiger partial charge on any atom is -0.324 e. The maximum absolute atomic E-state index is 6.32. The molecule has 1 unspecified atom stereocenters. The van der Waals surface area contributed by atoms with Gasteiger partial charge in [0.2, 0.25) is 0 Å². The Hall–Kier alpha value is -1.60. The summed E-state index contributed by atoms with van der Waals surface area (Å²) in [6, 6.07) is 17.5. The summed E-state index contributed by atoms with van der Waals surface area (Å²) in [7, 11) is 0. The Balaban J connectivity index is 1.94. The van der Waals surface area contributed by atoms with Gasteiger partial charge in [-0.1, -0.05) is 61.9 Å². The van der Waals surface area contributed by atoms with Crippen LogP contribution in [0.25, 0.3) is 0 Å². The predicted octanol–water partition coefficient (Wildman–Crippen LogP) is 4.58. The summed E-state index contributed by atoms with van der Waals surface area (Å²) in [5.41, 5.74) is 11.7. The van der Waals surface area contributed by atoms with Gasteiger partial charge in [-0.05, 0) is 48.4 Å². The van der Waals surface area contributed by atoms with Crippen molar-refractivity contribution in [2.75, 3.05) is 0 Å². The molecule has 2 aromatic carbocycles. The molecule has 0 saturated heterocycles. The van der Waals surface area contributed by atoms with Crippen LogP contribution in [0.2, 0.25) is 0 Å². The second-order valence-corrected chi connectivity index (χ2v) is 5.56. The molecular weight excluding hydrogens is 242 g/mol. The van der Waals surface area contributed by atoms with Crippen molar-refractivity contribution in [3.05, 3.63) is 70.8 Å². The van der Waals surface area contributed by atoms with E-state index in [0.29, 0.717) is 0 Å². The zero-order chi connectivity index (χ0) is 14.4. The van der Waals surface area contributed by atoms with E-state index in [1.54, 1.807) is 0 Å². The quantitative estimate of drug-likeness (QED) is 0.814. The van der Waals surface area contributed by atoms with E-state index < -0.39 is 0 Å². The maximum atomic E-state index is 6.32. The zero-order valence-electron chi connectivity index (χ0n) is 12.6. The molecule has 0 bridgehead atoms. The van der Waals surface area contributed by atoms with Gasteiger partial charge in [-0.2, -0.15) is 0 Å². The first-order chi connectivity index (χ1) is 9.70. The second kappa shape index (κ2) is 7.25. The number of benzene rings is 2. The van der Waals surface area contributed by atoms with Crippen LogP contribution < -0.4 is 5.73 Å². The maximum Gasteiger partial charge on any atom is 0.0298 e. The van der Waals surface area contributed by atoms with E-state index in [1.165, 1.54) is 28.7 Å². The fourth-order valence-corrected chi connectivity index (χ4v) is 2.59. The highest BCUT2D eigenvalue weighted by atomic mass is 14.6. The van der Waals surface area contributed by atoms with Crippen LogP contribution in [0.5, 0.6) is 0 Å². The Morgan fingerprint density at radius 3 is 2.30 bits per heavy atom. The van der Waals surface area contributed by atoms with Crippen LogP contribution in [-0.4, -0.2) is 0 Å². The minimum absolute atomic E-state index is 0.130. The lowest BCUT2D eigenvalue weighted by molar-refractivity contribution is 0.649. The Bertz CT molecular complexity index is 528. The lowest BCUT2D eigenvalue weighted by atomic mass is 9.96. The number of hydrogen-bond acceptors (Lipinski definition) is 1. The van der Waals surface area contributed by atoms with E-state index in [9.17, 15) is 0 Å². The Morgan fingerprint density at radius 2 is 1.65 bits per heavy atom. The first kappa shape index (κ1) is 14.8. The van der Waals surface area contributed by atoms with Crippen LogP contribution in [0.4, 0.5) is 0 Å². The third kappa shape index (κ3) is 3.94. The Labute approximate surface area is 122 Å². The molecule has 0 aromatic heterocycles. The molecule has 0 radical (unpaired) electrons. The zero-order valence-corrected chi connectivity index (χ0v) is 12.6. The summed E-state index contributed by atoms with van der Waals surface area (Å²) >= 11 is 0. The Morgan fingerprint density at radius 1 is 0.950 bits per heavy atom. The topological polar surface area (TPSA) is 26.0 Å². The van der Waals surface area contributed by atoms with Gasteiger partial charge in [0, 0.05) is 6.04 Å². The van der Waals surface area contributed by atoms with Gasteiger partial charge in [-0.15, -0.1) is 0 Å². The summed E-state index contributed by atoms with van der Waals surface area (Å²) in [4.78, 5) is 0. The highest BCUT2D eigenvalue weighted by Gasteiger charge is 2.07. The van der Waals surface area contributed by atoms with Crippen LogP contribution in [-0.2, 0) is 12.8 Å². The number of nitrogens with two attached hydrogens (primary N) is 1. The lowest BCUT2D eigenvalue weighted by Gasteiger charge is -2.13. The molecule has 0 aliphatic heterocycles. The molecule has 106 valence electrons. The normalized spacial score (nSPS) is 12.3. The fraction of sp³-hybridized carbons (Fsp3) is 0.368. The Kier molecular flexibility index (Phi) is 5.37. The van der Waals surface area contributed by atoms with Crippen molar-refractivity contribution in [2.45, 2.75) is 45.6 Å². The molecule has 0 heterocycles. The number of aryl methyl sites for hydroxylation is 3. The van der Waals surface area contributed by atoms with E-state index in [1.807, 2.05) is 0 Å². The third-order valence-corrected chi connectivity index (χ3v) is 3.93. The van der Waals surface area contributed by atoms with Crippen molar-refractivity contribution in [2.24, 2.45) is 5.73 Å². The summed E-state index contributed by atoms with van der Waals surface area (Å²) in [6.07, 6.45) is 4.39. The van der Waals surface area contributed by atoms with E-state index in [-0.39, 0.29) is 6.04 Å². The smallest absolute Gasteiger partial charge is 0.0298 e. The molecule has 2 rings (SSSR count). The van der Waals surface area contributed by atoms with Gasteiger partial charge in [0.25, 0.3) is 0 Å². The second-order valence-electron chi connectivity index (χ2n) is 5.56. The molecule has 20 heavy (non-hydrogen) atoms. The van der Waals surface area contributed by atoms with E-state index in [0.717, 1.165) is 19.3 Å². The first-order valence-electron chi connectivity index (χ1n) is 7.59. The van der Waals surface area contributed by atoms with Crippen LogP contribution >= 0.6 is 0 Å². The van der Waals surface area contributed by atoms with Crippen molar-refractivity contribution in [3.63, 3.8) is 0 Å². The largest absolute Gasteiger partial charge is 0.324 e. The molecule has 1 atom stereocenters. The fourth-order valence-electron chi connectivity index (χ4n) is 2.59. The standard InChI is InChI=1S/C19H25N/c1-3-6-16-9-11-18(12-10-16)19(20)14-13-17-8-5-4-7-15(17)2/h4-5,7-12,19H,3,6,13-14,20H2,1-2H3. The summed E-state index contributed by atoms with van der Waals surface area (Å²) < 4.78 is 0. The van der Waals surface area contributed by atoms with Crippen LogP contribution in [0, 0.1) is 6.92 Å². The summed E-state index contributed by atoms with van der Waals surface area (Å²) in [6.45, 7) is 4.38. The van der Waals surface area contributed by atoms with Gasteiger partial charge in [0.1, 0.15) is 0 Å². The molecule has 0 saturated carbocycles. The summed E-state index contributed by atoms with van der Waals surface area (Å²) in [5, 5.41) is 0. The monoisotopic (exact) mass is 267 g/mol. The van der Waals surface area contributed by atoms with Crippen molar-refractivity contribution in [3.8, 4) is 0 Å². The third-order valence-electron chi connectivity index (χ3n) is 3.93. The van der Waals surface area contributed by atoms with Crippen LogP contribution in [0.15, 0.2) is 48.5 Å². The summed E-state index contributed by atoms with van der Waals surface area (Å²) in [5.74, 6) is 0. The molecule has 0 spiro atoms. The average Bonchev–Trinajstić information content (AvgIpc) is 2.47. The van der Waals surface area contributed by atoms with Gasteiger partial charge in [0.05, 0.1) is 0 Å². The van der Waals surface area contributed by atoms with Gasteiger partial charge >= 0.3 is 0 Å². The molecule has 2 N–H and O–H groups in total. The van der Waals surface area contributed by atoms with Crippen molar-refractivity contribution in [1.29, 1.82) is 0 Å². The average molecular weight is 267 g/mol. The van der Waals surface area contributed by atoms with Gasteiger partial charge in [-0.3, -0.25) is 0 Å². The van der Waals surface area contributed by atoms with Crippen molar-refractivity contribution >= 4 is 0 Å².